The molecule has 0 saturated carbocycles. The summed E-state index contributed by atoms with van der Waals surface area (Å²) in [6.45, 7) is 12.1. The summed E-state index contributed by atoms with van der Waals surface area (Å²) < 4.78 is 6.03. The van der Waals surface area contributed by atoms with E-state index in [0.29, 0.717) is 6.04 Å². The number of aryl methyl sites for hydroxylation is 1. The van der Waals surface area contributed by atoms with Gasteiger partial charge in [-0.05, 0) is 64.1 Å². The fourth-order valence-corrected chi connectivity index (χ4v) is 2.34. The van der Waals surface area contributed by atoms with E-state index >= 15 is 0 Å². The van der Waals surface area contributed by atoms with Crippen molar-refractivity contribution in [2.75, 3.05) is 13.2 Å². The van der Waals surface area contributed by atoms with E-state index in [4.69, 9.17) is 4.74 Å². The van der Waals surface area contributed by atoms with Gasteiger partial charge in [0, 0.05) is 11.6 Å². The highest BCUT2D eigenvalue weighted by atomic mass is 16.5. The Balaban J connectivity index is 2.54. The van der Waals surface area contributed by atoms with E-state index in [1.807, 2.05) is 6.08 Å². The lowest BCUT2D eigenvalue weighted by molar-refractivity contribution is 0.299. The van der Waals surface area contributed by atoms with E-state index in [2.05, 4.69) is 50.9 Å². The molecule has 0 fully saturated rings. The lowest BCUT2D eigenvalue weighted by atomic mass is 10.0. The molecule has 1 unspecified atom stereocenters. The van der Waals surface area contributed by atoms with Gasteiger partial charge in [0.25, 0.3) is 0 Å². The quantitative estimate of drug-likeness (QED) is 0.447. The SMILES string of the molecule is C=CCCCCCOc1cc(C)ccc1C(C)NCCC. The van der Waals surface area contributed by atoms with Crippen LogP contribution >= 0.6 is 0 Å². The summed E-state index contributed by atoms with van der Waals surface area (Å²) in [5.41, 5.74) is 2.52. The fraction of sp³-hybridized carbons (Fsp3) is 0.579. The summed E-state index contributed by atoms with van der Waals surface area (Å²) in [4.78, 5) is 0. The van der Waals surface area contributed by atoms with Gasteiger partial charge in [-0.15, -0.1) is 6.58 Å². The number of hydrogen-bond donors (Lipinski definition) is 1. The number of ether oxygens (including phenoxy) is 1. The van der Waals surface area contributed by atoms with Gasteiger partial charge in [-0.25, -0.2) is 0 Å². The summed E-state index contributed by atoms with van der Waals surface area (Å²) >= 11 is 0. The van der Waals surface area contributed by atoms with Gasteiger partial charge in [-0.3, -0.25) is 0 Å². The third kappa shape index (κ3) is 6.81. The molecule has 0 aromatic heterocycles. The number of benzene rings is 1. The first-order valence-electron chi connectivity index (χ1n) is 8.26. The van der Waals surface area contributed by atoms with Gasteiger partial charge in [-0.1, -0.05) is 25.1 Å². The summed E-state index contributed by atoms with van der Waals surface area (Å²) in [6, 6.07) is 6.84. The lowest BCUT2D eigenvalue weighted by Crippen LogP contribution is -2.20. The summed E-state index contributed by atoms with van der Waals surface area (Å²) in [7, 11) is 0. The summed E-state index contributed by atoms with van der Waals surface area (Å²) in [5, 5.41) is 3.54. The average molecular weight is 289 g/mol. The number of hydrogen-bond acceptors (Lipinski definition) is 2. The minimum Gasteiger partial charge on any atom is -0.493 e. The molecule has 1 atom stereocenters. The van der Waals surface area contributed by atoms with Crippen LogP contribution in [0.5, 0.6) is 5.75 Å². The Morgan fingerprint density at radius 1 is 1.29 bits per heavy atom. The van der Waals surface area contributed by atoms with Crippen molar-refractivity contribution in [2.24, 2.45) is 0 Å². The van der Waals surface area contributed by atoms with E-state index in [9.17, 15) is 0 Å². The third-order valence-electron chi connectivity index (χ3n) is 3.65. The van der Waals surface area contributed by atoms with Crippen molar-refractivity contribution in [1.82, 2.24) is 5.32 Å². The van der Waals surface area contributed by atoms with E-state index in [1.165, 1.54) is 24.0 Å². The molecule has 1 rings (SSSR count). The molecule has 0 radical (unpaired) electrons. The van der Waals surface area contributed by atoms with Gasteiger partial charge in [-0.2, -0.15) is 0 Å². The molecule has 2 nitrogen and oxygen atoms in total. The maximum atomic E-state index is 6.03. The Morgan fingerprint density at radius 2 is 2.10 bits per heavy atom. The summed E-state index contributed by atoms with van der Waals surface area (Å²) in [6.07, 6.45) is 7.76. The minimum absolute atomic E-state index is 0.335. The average Bonchev–Trinajstić information content (AvgIpc) is 2.48. The van der Waals surface area contributed by atoms with E-state index < -0.39 is 0 Å². The molecule has 0 saturated heterocycles. The zero-order valence-corrected chi connectivity index (χ0v) is 14.0. The highest BCUT2D eigenvalue weighted by Gasteiger charge is 2.11. The molecule has 1 N–H and O–H groups in total. The molecular formula is C19H31NO. The van der Waals surface area contributed by atoms with Gasteiger partial charge >= 0.3 is 0 Å². The predicted octanol–water partition coefficient (Wildman–Crippen LogP) is 5.18. The molecule has 0 aliphatic heterocycles. The Labute approximate surface area is 130 Å². The number of allylic oxidation sites excluding steroid dienone is 1. The highest BCUT2D eigenvalue weighted by Crippen LogP contribution is 2.26. The van der Waals surface area contributed by atoms with Gasteiger partial charge in [0.15, 0.2) is 0 Å². The van der Waals surface area contributed by atoms with Gasteiger partial charge in [0.2, 0.25) is 0 Å². The minimum atomic E-state index is 0.335. The van der Waals surface area contributed by atoms with Gasteiger partial charge < -0.3 is 10.1 Å². The smallest absolute Gasteiger partial charge is 0.124 e. The zero-order valence-electron chi connectivity index (χ0n) is 14.0. The van der Waals surface area contributed by atoms with Crippen LogP contribution in [-0.4, -0.2) is 13.2 Å². The molecule has 0 heterocycles. The Morgan fingerprint density at radius 3 is 2.81 bits per heavy atom. The standard InChI is InChI=1S/C19H31NO/c1-5-7-8-9-10-14-21-19-15-16(3)11-12-18(19)17(4)20-13-6-2/h5,11-12,15,17,20H,1,6-10,13-14H2,2-4H3. The van der Waals surface area contributed by atoms with Gasteiger partial charge in [0.05, 0.1) is 6.61 Å². The van der Waals surface area contributed by atoms with Crippen LogP contribution in [0.2, 0.25) is 0 Å². The van der Waals surface area contributed by atoms with Crippen LogP contribution in [0.25, 0.3) is 0 Å². The molecule has 1 aromatic rings. The molecule has 0 aliphatic rings. The first kappa shape index (κ1) is 17.8. The molecule has 21 heavy (non-hydrogen) atoms. The van der Waals surface area contributed by atoms with E-state index in [-0.39, 0.29) is 0 Å². The van der Waals surface area contributed by atoms with Crippen molar-refractivity contribution in [3.63, 3.8) is 0 Å². The topological polar surface area (TPSA) is 21.3 Å². The van der Waals surface area contributed by atoms with Crippen LogP contribution < -0.4 is 10.1 Å². The van der Waals surface area contributed by atoms with Crippen molar-refractivity contribution < 1.29 is 4.74 Å². The predicted molar refractivity (Wildman–Crippen MR) is 92.0 cm³/mol. The normalized spacial score (nSPS) is 12.1. The first-order valence-corrected chi connectivity index (χ1v) is 8.26. The molecule has 0 spiro atoms. The molecular weight excluding hydrogens is 258 g/mol. The van der Waals surface area contributed by atoms with Crippen LogP contribution in [-0.2, 0) is 0 Å². The summed E-state index contributed by atoms with van der Waals surface area (Å²) in [5.74, 6) is 1.04. The second kappa shape index (κ2) is 10.4. The van der Waals surface area contributed by atoms with Crippen molar-refractivity contribution in [3.05, 3.63) is 42.0 Å². The molecule has 0 bridgehead atoms. The number of rotatable bonds is 11. The van der Waals surface area contributed by atoms with E-state index in [1.54, 1.807) is 0 Å². The molecule has 0 amide bonds. The highest BCUT2D eigenvalue weighted by molar-refractivity contribution is 5.39. The maximum absolute atomic E-state index is 6.03. The maximum Gasteiger partial charge on any atom is 0.124 e. The molecule has 1 aromatic carbocycles. The second-order valence-electron chi connectivity index (χ2n) is 5.70. The fourth-order valence-electron chi connectivity index (χ4n) is 2.34. The molecule has 0 aliphatic carbocycles. The molecule has 118 valence electrons. The largest absolute Gasteiger partial charge is 0.493 e. The number of nitrogens with one attached hydrogen (secondary N) is 1. The Kier molecular flexibility index (Phi) is 8.84. The van der Waals surface area contributed by atoms with Crippen molar-refractivity contribution >= 4 is 0 Å². The monoisotopic (exact) mass is 289 g/mol. The number of unbranched alkanes of at least 4 members (excludes halogenated alkanes) is 3. The van der Waals surface area contributed by atoms with E-state index in [0.717, 1.165) is 38.2 Å². The van der Waals surface area contributed by atoms with Crippen LogP contribution in [0.15, 0.2) is 30.9 Å². The van der Waals surface area contributed by atoms with Crippen LogP contribution in [0.4, 0.5) is 0 Å². The second-order valence-corrected chi connectivity index (χ2v) is 5.70. The zero-order chi connectivity index (χ0) is 15.5. The molecule has 2 heteroatoms. The Hall–Kier alpha value is -1.28. The van der Waals surface area contributed by atoms with Crippen LogP contribution in [0.1, 0.15) is 63.1 Å². The van der Waals surface area contributed by atoms with Crippen molar-refractivity contribution in [1.29, 1.82) is 0 Å². The van der Waals surface area contributed by atoms with Crippen molar-refractivity contribution in [2.45, 2.75) is 58.9 Å². The Bertz CT molecular complexity index is 414. The van der Waals surface area contributed by atoms with Crippen molar-refractivity contribution in [3.8, 4) is 5.75 Å². The van der Waals surface area contributed by atoms with Crippen LogP contribution in [0.3, 0.4) is 0 Å². The van der Waals surface area contributed by atoms with Crippen LogP contribution in [0, 0.1) is 6.92 Å². The first-order chi connectivity index (χ1) is 10.2. The third-order valence-corrected chi connectivity index (χ3v) is 3.65. The van der Waals surface area contributed by atoms with Gasteiger partial charge in [0.1, 0.15) is 5.75 Å². The lowest BCUT2D eigenvalue weighted by Gasteiger charge is -2.19.